The second-order valence-electron chi connectivity index (χ2n) is 5.52. The first-order chi connectivity index (χ1) is 9.25. The predicted octanol–water partition coefficient (Wildman–Crippen LogP) is 1.89. The van der Waals surface area contributed by atoms with E-state index in [0.717, 1.165) is 32.4 Å². The van der Waals surface area contributed by atoms with E-state index in [0.29, 0.717) is 11.3 Å². The van der Waals surface area contributed by atoms with Crippen molar-refractivity contribution < 1.29 is 4.79 Å². The minimum atomic E-state index is 0.0737. The molecule has 4 heteroatoms. The molecule has 1 saturated heterocycles. The Bertz CT molecular complexity index is 541. The van der Waals surface area contributed by atoms with Gasteiger partial charge in [0.25, 0.3) is 0 Å². The van der Waals surface area contributed by atoms with E-state index in [9.17, 15) is 4.79 Å². The monoisotopic (exact) mass is 255 g/mol. The summed E-state index contributed by atoms with van der Waals surface area (Å²) in [4.78, 5) is 12.3. The third kappa shape index (κ3) is 2.22. The summed E-state index contributed by atoms with van der Waals surface area (Å²) in [5, 5.41) is 15.3. The Morgan fingerprint density at radius 3 is 2.84 bits per heavy atom. The minimum Gasteiger partial charge on any atom is -0.325 e. The van der Waals surface area contributed by atoms with Gasteiger partial charge in [-0.2, -0.15) is 5.26 Å². The lowest BCUT2D eigenvalue weighted by atomic mass is 9.91. The number of nitrogens with zero attached hydrogens (tertiary/aromatic N) is 1. The number of benzene rings is 1. The summed E-state index contributed by atoms with van der Waals surface area (Å²) in [6.07, 6.45) is 3.17. The molecule has 0 aromatic heterocycles. The van der Waals surface area contributed by atoms with E-state index < -0.39 is 0 Å². The maximum Gasteiger partial charge on any atom is 0.228 e. The van der Waals surface area contributed by atoms with Crippen molar-refractivity contribution in [2.24, 2.45) is 11.3 Å². The quantitative estimate of drug-likeness (QED) is 0.848. The first-order valence-electron chi connectivity index (χ1n) is 6.76. The average Bonchev–Trinajstić information content (AvgIpc) is 3.14. The molecule has 1 atom stereocenters. The molecule has 0 bridgehead atoms. The highest BCUT2D eigenvalue weighted by Gasteiger charge is 2.57. The van der Waals surface area contributed by atoms with Gasteiger partial charge in [-0.05, 0) is 49.9 Å². The van der Waals surface area contributed by atoms with Crippen molar-refractivity contribution in [2.75, 3.05) is 18.4 Å². The zero-order chi connectivity index (χ0) is 13.3. The van der Waals surface area contributed by atoms with Gasteiger partial charge in [0, 0.05) is 5.92 Å². The normalized spacial score (nSPS) is 23.6. The summed E-state index contributed by atoms with van der Waals surface area (Å²) < 4.78 is 0. The molecule has 0 radical (unpaired) electrons. The number of anilines is 1. The van der Waals surface area contributed by atoms with Crippen molar-refractivity contribution in [1.82, 2.24) is 5.32 Å². The Morgan fingerprint density at radius 1 is 1.37 bits per heavy atom. The molecule has 1 heterocycles. The molecule has 4 nitrogen and oxygen atoms in total. The predicted molar refractivity (Wildman–Crippen MR) is 72.4 cm³/mol. The lowest BCUT2D eigenvalue weighted by Crippen LogP contribution is -2.31. The fourth-order valence-electron chi connectivity index (χ4n) is 3.11. The molecule has 3 rings (SSSR count). The van der Waals surface area contributed by atoms with E-state index >= 15 is 0 Å². The lowest BCUT2D eigenvalue weighted by Gasteiger charge is -2.23. The Morgan fingerprint density at radius 2 is 2.11 bits per heavy atom. The number of rotatable bonds is 2. The molecule has 2 fully saturated rings. The summed E-state index contributed by atoms with van der Waals surface area (Å²) in [5.74, 6) is 0.200. The van der Waals surface area contributed by atoms with Gasteiger partial charge in [0.1, 0.15) is 6.07 Å². The van der Waals surface area contributed by atoms with Crippen LogP contribution in [0.3, 0.4) is 0 Å². The zero-order valence-electron chi connectivity index (χ0n) is 10.8. The molecule has 1 spiro atoms. The molecule has 1 aliphatic carbocycles. The summed E-state index contributed by atoms with van der Waals surface area (Å²) in [5.41, 5.74) is 1.39. The van der Waals surface area contributed by atoms with Crippen LogP contribution < -0.4 is 10.6 Å². The van der Waals surface area contributed by atoms with Gasteiger partial charge < -0.3 is 10.6 Å². The van der Waals surface area contributed by atoms with E-state index in [4.69, 9.17) is 5.26 Å². The zero-order valence-corrected chi connectivity index (χ0v) is 10.8. The number of amides is 1. The Labute approximate surface area is 112 Å². The molecule has 98 valence electrons. The highest BCUT2D eigenvalue weighted by atomic mass is 16.2. The van der Waals surface area contributed by atoms with Crippen LogP contribution in [0.25, 0.3) is 0 Å². The number of nitrogens with one attached hydrogen (secondary N) is 2. The van der Waals surface area contributed by atoms with Crippen LogP contribution in [0, 0.1) is 22.7 Å². The highest BCUT2D eigenvalue weighted by molar-refractivity contribution is 5.96. The van der Waals surface area contributed by atoms with E-state index in [1.54, 1.807) is 18.2 Å². The molecule has 1 aliphatic heterocycles. The van der Waals surface area contributed by atoms with Crippen molar-refractivity contribution in [1.29, 1.82) is 5.26 Å². The van der Waals surface area contributed by atoms with Gasteiger partial charge in [-0.15, -0.1) is 0 Å². The van der Waals surface area contributed by atoms with Crippen LogP contribution in [0.2, 0.25) is 0 Å². The number of carbonyl (C=O) groups excluding carboxylic acids is 1. The van der Waals surface area contributed by atoms with Gasteiger partial charge in [-0.3, -0.25) is 4.79 Å². The Hall–Kier alpha value is -1.86. The Kier molecular flexibility index (Phi) is 3.00. The number of hydrogen-bond donors (Lipinski definition) is 2. The molecular weight excluding hydrogens is 238 g/mol. The van der Waals surface area contributed by atoms with Crippen LogP contribution in [0.1, 0.15) is 24.8 Å². The van der Waals surface area contributed by atoms with E-state index in [2.05, 4.69) is 16.7 Å². The van der Waals surface area contributed by atoms with Crippen LogP contribution in [-0.4, -0.2) is 19.0 Å². The molecule has 2 aliphatic rings. The van der Waals surface area contributed by atoms with Crippen molar-refractivity contribution in [3.63, 3.8) is 0 Å². The second kappa shape index (κ2) is 4.67. The standard InChI is InChI=1S/C15H17N3O/c16-10-11-3-1-2-4-13(11)18-14(19)12-9-15(12)5-7-17-8-6-15/h1-4,12,17H,5-9H2,(H,18,19). The molecular formula is C15H17N3O. The van der Waals surface area contributed by atoms with Crippen molar-refractivity contribution in [2.45, 2.75) is 19.3 Å². The number of nitriles is 1. The maximum absolute atomic E-state index is 12.3. The van der Waals surface area contributed by atoms with Crippen molar-refractivity contribution in [3.8, 4) is 6.07 Å². The molecule has 2 N–H and O–H groups in total. The summed E-state index contributed by atoms with van der Waals surface area (Å²) in [6.45, 7) is 2.02. The minimum absolute atomic E-state index is 0.0737. The van der Waals surface area contributed by atoms with Gasteiger partial charge in [0.2, 0.25) is 5.91 Å². The van der Waals surface area contributed by atoms with Gasteiger partial charge in [-0.1, -0.05) is 12.1 Å². The van der Waals surface area contributed by atoms with Crippen LogP contribution >= 0.6 is 0 Å². The topological polar surface area (TPSA) is 64.9 Å². The largest absolute Gasteiger partial charge is 0.325 e. The van der Waals surface area contributed by atoms with Gasteiger partial charge in [-0.25, -0.2) is 0 Å². The molecule has 1 saturated carbocycles. The fraction of sp³-hybridized carbons (Fsp3) is 0.467. The molecule has 1 aromatic carbocycles. The number of piperidine rings is 1. The van der Waals surface area contributed by atoms with Crippen molar-refractivity contribution >= 4 is 11.6 Å². The SMILES string of the molecule is N#Cc1ccccc1NC(=O)C1CC12CCNCC2. The Balaban J connectivity index is 1.68. The van der Waals surface area contributed by atoms with E-state index in [1.165, 1.54) is 0 Å². The third-order valence-corrected chi connectivity index (χ3v) is 4.41. The lowest BCUT2D eigenvalue weighted by molar-refractivity contribution is -0.118. The summed E-state index contributed by atoms with van der Waals surface area (Å²) in [6, 6.07) is 9.26. The first kappa shape index (κ1) is 12.2. The molecule has 19 heavy (non-hydrogen) atoms. The van der Waals surface area contributed by atoms with E-state index in [1.807, 2.05) is 6.07 Å². The van der Waals surface area contributed by atoms with E-state index in [-0.39, 0.29) is 17.2 Å². The van der Waals surface area contributed by atoms with Gasteiger partial charge in [0.15, 0.2) is 0 Å². The van der Waals surface area contributed by atoms with Gasteiger partial charge >= 0.3 is 0 Å². The van der Waals surface area contributed by atoms with Crippen molar-refractivity contribution in [3.05, 3.63) is 29.8 Å². The average molecular weight is 255 g/mol. The highest BCUT2D eigenvalue weighted by Crippen LogP contribution is 2.58. The smallest absolute Gasteiger partial charge is 0.228 e. The van der Waals surface area contributed by atoms with Crippen LogP contribution in [0.15, 0.2) is 24.3 Å². The summed E-state index contributed by atoms with van der Waals surface area (Å²) >= 11 is 0. The summed E-state index contributed by atoms with van der Waals surface area (Å²) in [7, 11) is 0. The number of para-hydroxylation sites is 1. The molecule has 1 amide bonds. The molecule has 1 unspecified atom stereocenters. The van der Waals surface area contributed by atoms with Crippen LogP contribution in [-0.2, 0) is 4.79 Å². The first-order valence-corrected chi connectivity index (χ1v) is 6.76. The van der Waals surface area contributed by atoms with Gasteiger partial charge in [0.05, 0.1) is 11.3 Å². The third-order valence-electron chi connectivity index (χ3n) is 4.41. The second-order valence-corrected chi connectivity index (χ2v) is 5.52. The maximum atomic E-state index is 12.3. The van der Waals surface area contributed by atoms with Crippen LogP contribution in [0.4, 0.5) is 5.69 Å². The number of hydrogen-bond acceptors (Lipinski definition) is 3. The fourth-order valence-corrected chi connectivity index (χ4v) is 3.11. The number of carbonyl (C=O) groups is 1. The molecule has 1 aromatic rings. The van der Waals surface area contributed by atoms with Crippen LogP contribution in [0.5, 0.6) is 0 Å².